The first-order valence-corrected chi connectivity index (χ1v) is 7.70. The monoisotopic (exact) mass is 315 g/mol. The van der Waals surface area contributed by atoms with Crippen LogP contribution in [0.2, 0.25) is 0 Å². The van der Waals surface area contributed by atoms with Gasteiger partial charge < -0.3 is 4.74 Å². The van der Waals surface area contributed by atoms with Gasteiger partial charge in [-0.1, -0.05) is 32.9 Å². The average Bonchev–Trinajstić information content (AvgIpc) is 2.83. The number of benzene rings is 1. The van der Waals surface area contributed by atoms with Crippen molar-refractivity contribution in [3.8, 4) is 5.75 Å². The molecule has 1 aromatic carbocycles. The topological polar surface area (TPSA) is 12.5 Å². The van der Waals surface area contributed by atoms with E-state index in [1.807, 2.05) is 29.2 Å². The van der Waals surface area contributed by atoms with E-state index in [1.165, 1.54) is 5.56 Å². The summed E-state index contributed by atoms with van der Waals surface area (Å²) in [7, 11) is 0. The van der Waals surface area contributed by atoms with E-state index in [0.29, 0.717) is 13.1 Å². The van der Waals surface area contributed by atoms with Crippen LogP contribution in [0.15, 0.2) is 24.3 Å². The van der Waals surface area contributed by atoms with Gasteiger partial charge in [0, 0.05) is 19.6 Å². The van der Waals surface area contributed by atoms with Crippen LogP contribution in [0.5, 0.6) is 5.75 Å². The van der Waals surface area contributed by atoms with Gasteiger partial charge in [-0.05, 0) is 29.5 Å². The highest BCUT2D eigenvalue weighted by atomic mass is 19.4. The number of halogens is 3. The molecule has 1 aromatic rings. The van der Waals surface area contributed by atoms with E-state index in [2.05, 4.69) is 20.8 Å². The lowest BCUT2D eigenvalue weighted by Gasteiger charge is -2.20. The van der Waals surface area contributed by atoms with Gasteiger partial charge in [0.15, 0.2) is 0 Å². The van der Waals surface area contributed by atoms with Crippen molar-refractivity contribution in [1.82, 2.24) is 4.90 Å². The van der Waals surface area contributed by atoms with Crippen molar-refractivity contribution in [3.05, 3.63) is 29.8 Å². The quantitative estimate of drug-likeness (QED) is 0.817. The molecule has 0 spiro atoms. The molecular formula is C17H24F3NO. The summed E-state index contributed by atoms with van der Waals surface area (Å²) in [4.78, 5) is 1.82. The van der Waals surface area contributed by atoms with E-state index < -0.39 is 12.6 Å². The second-order valence-electron chi connectivity index (χ2n) is 6.97. The normalized spacial score (nSPS) is 20.4. The van der Waals surface area contributed by atoms with Crippen molar-refractivity contribution in [2.75, 3.05) is 19.6 Å². The van der Waals surface area contributed by atoms with Crippen LogP contribution < -0.4 is 4.74 Å². The minimum atomic E-state index is -4.08. The fourth-order valence-corrected chi connectivity index (χ4v) is 2.61. The van der Waals surface area contributed by atoms with E-state index in [9.17, 15) is 13.2 Å². The molecule has 0 unspecified atom stereocenters. The maximum absolute atomic E-state index is 12.2. The molecule has 1 atom stereocenters. The molecule has 0 amide bonds. The zero-order valence-corrected chi connectivity index (χ0v) is 13.4. The number of rotatable bonds is 4. The number of likely N-dealkylation sites (tertiary alicyclic amines) is 1. The minimum Gasteiger partial charge on any atom is -0.489 e. The van der Waals surface area contributed by atoms with Gasteiger partial charge in [0.2, 0.25) is 0 Å². The summed E-state index contributed by atoms with van der Waals surface area (Å²) >= 11 is 0. The van der Waals surface area contributed by atoms with Gasteiger partial charge in [0.05, 0.1) is 6.42 Å². The van der Waals surface area contributed by atoms with Crippen molar-refractivity contribution in [2.45, 2.75) is 51.3 Å². The highest BCUT2D eigenvalue weighted by Gasteiger charge is 2.31. The van der Waals surface area contributed by atoms with Crippen LogP contribution in [0.1, 0.15) is 39.2 Å². The molecule has 0 aliphatic carbocycles. The van der Waals surface area contributed by atoms with Crippen LogP contribution >= 0.6 is 0 Å². The molecule has 1 saturated heterocycles. The predicted molar refractivity (Wildman–Crippen MR) is 81.3 cm³/mol. The number of ether oxygens (including phenoxy) is 1. The van der Waals surface area contributed by atoms with E-state index >= 15 is 0 Å². The number of hydrogen-bond acceptors (Lipinski definition) is 2. The Kier molecular flexibility index (Phi) is 5.05. The molecule has 2 rings (SSSR count). The Balaban J connectivity index is 1.83. The Hall–Kier alpha value is -1.23. The van der Waals surface area contributed by atoms with E-state index in [-0.39, 0.29) is 18.1 Å². The Bertz CT molecular complexity index is 476. The molecule has 22 heavy (non-hydrogen) atoms. The average molecular weight is 315 g/mol. The molecule has 1 heterocycles. The highest BCUT2D eigenvalue weighted by molar-refractivity contribution is 5.31. The lowest BCUT2D eigenvalue weighted by molar-refractivity contribution is -0.137. The zero-order chi connectivity index (χ0) is 16.4. The van der Waals surface area contributed by atoms with Crippen LogP contribution in [0.3, 0.4) is 0 Å². The van der Waals surface area contributed by atoms with Crippen LogP contribution in [-0.2, 0) is 5.41 Å². The Morgan fingerprint density at radius 2 is 1.77 bits per heavy atom. The Labute approximate surface area is 130 Å². The molecule has 0 radical (unpaired) electrons. The highest BCUT2D eigenvalue weighted by Crippen LogP contribution is 2.26. The van der Waals surface area contributed by atoms with Crippen LogP contribution in [0.25, 0.3) is 0 Å². The van der Waals surface area contributed by atoms with Crippen molar-refractivity contribution < 1.29 is 17.9 Å². The minimum absolute atomic E-state index is 0.0197. The molecule has 0 saturated carbocycles. The summed E-state index contributed by atoms with van der Waals surface area (Å²) in [5.41, 5.74) is 1.33. The molecule has 5 heteroatoms. The summed E-state index contributed by atoms with van der Waals surface area (Å²) in [6, 6.07) is 7.98. The third-order valence-electron chi connectivity index (χ3n) is 3.96. The maximum Gasteiger partial charge on any atom is 0.390 e. The van der Waals surface area contributed by atoms with Gasteiger partial charge >= 0.3 is 6.18 Å². The molecule has 0 N–H and O–H groups in total. The first-order valence-electron chi connectivity index (χ1n) is 7.70. The second-order valence-corrected chi connectivity index (χ2v) is 6.97. The van der Waals surface area contributed by atoms with E-state index in [4.69, 9.17) is 4.74 Å². The van der Waals surface area contributed by atoms with Gasteiger partial charge in [-0.3, -0.25) is 4.90 Å². The van der Waals surface area contributed by atoms with Gasteiger partial charge in [0.1, 0.15) is 11.9 Å². The molecule has 0 aromatic heterocycles. The van der Waals surface area contributed by atoms with Crippen LogP contribution in [-0.4, -0.2) is 36.8 Å². The Morgan fingerprint density at radius 1 is 1.14 bits per heavy atom. The molecular weight excluding hydrogens is 291 g/mol. The smallest absolute Gasteiger partial charge is 0.390 e. The molecule has 1 aliphatic rings. The number of nitrogens with zero attached hydrogens (tertiary/aromatic N) is 1. The zero-order valence-electron chi connectivity index (χ0n) is 13.4. The molecule has 1 aliphatic heterocycles. The van der Waals surface area contributed by atoms with Crippen LogP contribution in [0.4, 0.5) is 13.2 Å². The van der Waals surface area contributed by atoms with E-state index in [1.54, 1.807) is 0 Å². The summed E-state index contributed by atoms with van der Waals surface area (Å²) in [5, 5.41) is 0. The largest absolute Gasteiger partial charge is 0.489 e. The van der Waals surface area contributed by atoms with Crippen molar-refractivity contribution in [2.24, 2.45) is 0 Å². The van der Waals surface area contributed by atoms with E-state index in [0.717, 1.165) is 12.2 Å². The third-order valence-corrected chi connectivity index (χ3v) is 3.96. The van der Waals surface area contributed by atoms with Crippen molar-refractivity contribution in [1.29, 1.82) is 0 Å². The molecule has 124 valence electrons. The predicted octanol–water partition coefficient (Wildman–Crippen LogP) is 4.39. The number of alkyl halides is 3. The summed E-state index contributed by atoms with van der Waals surface area (Å²) < 4.78 is 42.6. The lowest BCUT2D eigenvalue weighted by Crippen LogP contribution is -2.28. The molecule has 1 fully saturated rings. The number of hydrogen-bond donors (Lipinski definition) is 0. The fourth-order valence-electron chi connectivity index (χ4n) is 2.61. The van der Waals surface area contributed by atoms with Gasteiger partial charge in [0.25, 0.3) is 0 Å². The summed E-state index contributed by atoms with van der Waals surface area (Å²) in [6.07, 6.45) is -4.07. The lowest BCUT2D eigenvalue weighted by atomic mass is 9.87. The Morgan fingerprint density at radius 3 is 2.32 bits per heavy atom. The third kappa shape index (κ3) is 5.20. The SMILES string of the molecule is CC(C)(C)c1ccc(O[C@H]2CCN(CCC(F)(F)F)C2)cc1. The maximum atomic E-state index is 12.2. The standard InChI is InChI=1S/C17H24F3NO/c1-16(2,3)13-4-6-14(7-5-13)22-15-8-10-21(12-15)11-9-17(18,19)20/h4-7,15H,8-12H2,1-3H3/t15-/m0/s1. The van der Waals surface area contributed by atoms with Crippen molar-refractivity contribution >= 4 is 0 Å². The van der Waals surface area contributed by atoms with Gasteiger partial charge in [-0.25, -0.2) is 0 Å². The molecule has 2 nitrogen and oxygen atoms in total. The second kappa shape index (κ2) is 6.49. The first kappa shape index (κ1) is 17.1. The van der Waals surface area contributed by atoms with Crippen LogP contribution in [0, 0.1) is 0 Å². The summed E-state index contributed by atoms with van der Waals surface area (Å²) in [5.74, 6) is 0.788. The fraction of sp³-hybridized carbons (Fsp3) is 0.647. The van der Waals surface area contributed by atoms with Crippen molar-refractivity contribution in [3.63, 3.8) is 0 Å². The van der Waals surface area contributed by atoms with Gasteiger partial charge in [-0.2, -0.15) is 13.2 Å². The van der Waals surface area contributed by atoms with Gasteiger partial charge in [-0.15, -0.1) is 0 Å². The summed E-state index contributed by atoms with van der Waals surface area (Å²) in [6.45, 7) is 7.75. The molecule has 0 bridgehead atoms. The first-order chi connectivity index (χ1) is 10.1.